The van der Waals surface area contributed by atoms with Crippen LogP contribution in [0.1, 0.15) is 25.5 Å². The molecule has 1 atom stereocenters. The smallest absolute Gasteiger partial charge is 0.148 e. The maximum Gasteiger partial charge on any atom is 0.148 e. The molecule has 1 aromatic heterocycles. The van der Waals surface area contributed by atoms with Gasteiger partial charge in [0.25, 0.3) is 0 Å². The Morgan fingerprint density at radius 2 is 2.05 bits per heavy atom. The van der Waals surface area contributed by atoms with Crippen LogP contribution in [-0.4, -0.2) is 23.6 Å². The molecule has 1 heterocycles. The molecular formula is C15H18BrClN4. The minimum atomic E-state index is 0.0966. The molecule has 112 valence electrons. The number of benzene rings is 1. The highest BCUT2D eigenvalue weighted by Crippen LogP contribution is 2.34. The third-order valence-corrected chi connectivity index (χ3v) is 4.46. The highest BCUT2D eigenvalue weighted by atomic mass is 79.9. The molecule has 0 spiro atoms. The second-order valence-electron chi connectivity index (χ2n) is 4.70. The Morgan fingerprint density at radius 1 is 1.33 bits per heavy atom. The van der Waals surface area contributed by atoms with E-state index in [9.17, 15) is 0 Å². The summed E-state index contributed by atoms with van der Waals surface area (Å²) in [6, 6.07) is 7.95. The van der Waals surface area contributed by atoms with Crippen molar-refractivity contribution in [2.45, 2.75) is 19.9 Å². The fourth-order valence-corrected chi connectivity index (χ4v) is 3.02. The van der Waals surface area contributed by atoms with Crippen molar-refractivity contribution in [1.82, 2.24) is 9.97 Å². The van der Waals surface area contributed by atoms with Crippen LogP contribution in [0.25, 0.3) is 0 Å². The predicted octanol–water partition coefficient (Wildman–Crippen LogP) is 4.52. The van der Waals surface area contributed by atoms with Crippen LogP contribution in [-0.2, 0) is 0 Å². The van der Waals surface area contributed by atoms with Crippen molar-refractivity contribution in [2.24, 2.45) is 0 Å². The number of hydrogen-bond donors (Lipinski definition) is 1. The van der Waals surface area contributed by atoms with Crippen LogP contribution in [0.15, 0.2) is 35.1 Å². The van der Waals surface area contributed by atoms with E-state index in [0.717, 1.165) is 33.2 Å². The second-order valence-corrected chi connectivity index (χ2v) is 5.90. The average Bonchev–Trinajstić information content (AvgIpc) is 2.49. The Labute approximate surface area is 138 Å². The summed E-state index contributed by atoms with van der Waals surface area (Å²) in [5.74, 6) is 1.62. The number of nitrogens with zero attached hydrogens (tertiary/aromatic N) is 3. The molecule has 0 aliphatic heterocycles. The Balaban J connectivity index is 2.34. The van der Waals surface area contributed by atoms with E-state index in [1.165, 1.54) is 0 Å². The lowest BCUT2D eigenvalue weighted by Crippen LogP contribution is -2.23. The summed E-state index contributed by atoms with van der Waals surface area (Å²) >= 11 is 9.87. The number of nitrogens with one attached hydrogen (secondary N) is 1. The molecule has 0 fully saturated rings. The minimum Gasteiger partial charge on any atom is -0.369 e. The molecule has 0 radical (unpaired) electrons. The van der Waals surface area contributed by atoms with E-state index in [2.05, 4.69) is 43.0 Å². The number of halogens is 2. The summed E-state index contributed by atoms with van der Waals surface area (Å²) < 4.78 is 0.855. The first-order valence-corrected chi connectivity index (χ1v) is 7.95. The van der Waals surface area contributed by atoms with Crippen molar-refractivity contribution in [1.29, 1.82) is 0 Å². The SMILES string of the molecule is CCNc1ncnc(N(C)C(C)c2ccccc2Cl)c1Br. The Morgan fingerprint density at radius 3 is 2.71 bits per heavy atom. The molecule has 21 heavy (non-hydrogen) atoms. The molecule has 6 heteroatoms. The van der Waals surface area contributed by atoms with Crippen molar-refractivity contribution < 1.29 is 0 Å². The van der Waals surface area contributed by atoms with Crippen molar-refractivity contribution in [3.8, 4) is 0 Å². The van der Waals surface area contributed by atoms with Crippen molar-refractivity contribution in [2.75, 3.05) is 23.8 Å². The quantitative estimate of drug-likeness (QED) is 0.841. The third-order valence-electron chi connectivity index (χ3n) is 3.39. The van der Waals surface area contributed by atoms with E-state index >= 15 is 0 Å². The van der Waals surface area contributed by atoms with Crippen LogP contribution in [0.3, 0.4) is 0 Å². The van der Waals surface area contributed by atoms with Crippen LogP contribution < -0.4 is 10.2 Å². The van der Waals surface area contributed by atoms with Gasteiger partial charge in [-0.3, -0.25) is 0 Å². The normalized spacial score (nSPS) is 12.0. The molecule has 0 aliphatic rings. The standard InChI is InChI=1S/C15H18BrClN4/c1-4-18-14-13(16)15(20-9-19-14)21(3)10(2)11-7-5-6-8-12(11)17/h5-10H,4H2,1-3H3,(H,18,19,20). The van der Waals surface area contributed by atoms with Crippen LogP contribution in [0.5, 0.6) is 0 Å². The van der Waals surface area contributed by atoms with Gasteiger partial charge in [-0.15, -0.1) is 0 Å². The molecule has 0 saturated carbocycles. The zero-order chi connectivity index (χ0) is 15.4. The molecule has 2 aromatic rings. The van der Waals surface area contributed by atoms with E-state index in [1.54, 1.807) is 6.33 Å². The predicted molar refractivity (Wildman–Crippen MR) is 92.2 cm³/mol. The molecule has 0 saturated heterocycles. The van der Waals surface area contributed by atoms with Gasteiger partial charge in [-0.1, -0.05) is 29.8 Å². The zero-order valence-electron chi connectivity index (χ0n) is 12.3. The molecule has 1 aromatic carbocycles. The first-order valence-electron chi connectivity index (χ1n) is 6.77. The van der Waals surface area contributed by atoms with Crippen LogP contribution in [0.4, 0.5) is 11.6 Å². The van der Waals surface area contributed by atoms with E-state index in [0.29, 0.717) is 0 Å². The summed E-state index contributed by atoms with van der Waals surface area (Å²) in [6.45, 7) is 4.94. The lowest BCUT2D eigenvalue weighted by Gasteiger charge is -2.28. The molecule has 0 aliphatic carbocycles. The molecule has 1 unspecified atom stereocenters. The van der Waals surface area contributed by atoms with E-state index < -0.39 is 0 Å². The second kappa shape index (κ2) is 7.09. The molecule has 0 bridgehead atoms. The Hall–Kier alpha value is -1.33. The monoisotopic (exact) mass is 368 g/mol. The van der Waals surface area contributed by atoms with Crippen molar-refractivity contribution in [3.05, 3.63) is 45.7 Å². The lowest BCUT2D eigenvalue weighted by molar-refractivity contribution is 0.725. The largest absolute Gasteiger partial charge is 0.369 e. The minimum absolute atomic E-state index is 0.0966. The van der Waals surface area contributed by atoms with Crippen LogP contribution in [0.2, 0.25) is 5.02 Å². The molecule has 4 nitrogen and oxygen atoms in total. The molecule has 0 amide bonds. The summed E-state index contributed by atoms with van der Waals surface area (Å²) in [5.41, 5.74) is 1.07. The molecule has 2 rings (SSSR count). The van der Waals surface area contributed by atoms with Gasteiger partial charge >= 0.3 is 0 Å². The number of rotatable bonds is 5. The van der Waals surface area contributed by atoms with Crippen molar-refractivity contribution >= 4 is 39.2 Å². The fraction of sp³-hybridized carbons (Fsp3) is 0.333. The first kappa shape index (κ1) is 16.0. The Bertz CT molecular complexity index is 620. The molecular weight excluding hydrogens is 352 g/mol. The highest BCUT2D eigenvalue weighted by Gasteiger charge is 2.19. The number of aromatic nitrogens is 2. The molecule has 1 N–H and O–H groups in total. The number of hydrogen-bond acceptors (Lipinski definition) is 4. The maximum absolute atomic E-state index is 6.29. The van der Waals surface area contributed by atoms with Gasteiger partial charge in [0.1, 0.15) is 22.4 Å². The third kappa shape index (κ3) is 3.47. The topological polar surface area (TPSA) is 41.1 Å². The van der Waals surface area contributed by atoms with Gasteiger partial charge in [0.15, 0.2) is 0 Å². The van der Waals surface area contributed by atoms with Crippen LogP contribution in [0, 0.1) is 0 Å². The maximum atomic E-state index is 6.29. The van der Waals surface area contributed by atoms with E-state index in [4.69, 9.17) is 11.6 Å². The lowest BCUT2D eigenvalue weighted by atomic mass is 10.1. The summed E-state index contributed by atoms with van der Waals surface area (Å²) in [4.78, 5) is 10.7. The summed E-state index contributed by atoms with van der Waals surface area (Å²) in [6.07, 6.45) is 1.56. The average molecular weight is 370 g/mol. The number of anilines is 2. The Kier molecular flexibility index (Phi) is 5.42. The van der Waals surface area contributed by atoms with Crippen LogP contribution >= 0.6 is 27.5 Å². The summed E-state index contributed by atoms with van der Waals surface area (Å²) in [7, 11) is 2.00. The van der Waals surface area contributed by atoms with E-state index in [1.807, 2.05) is 38.2 Å². The van der Waals surface area contributed by atoms with Gasteiger partial charge in [0.2, 0.25) is 0 Å². The zero-order valence-corrected chi connectivity index (χ0v) is 14.6. The van der Waals surface area contributed by atoms with Crippen molar-refractivity contribution in [3.63, 3.8) is 0 Å². The van der Waals surface area contributed by atoms with Gasteiger partial charge < -0.3 is 10.2 Å². The van der Waals surface area contributed by atoms with Gasteiger partial charge in [0.05, 0.1) is 6.04 Å². The van der Waals surface area contributed by atoms with E-state index in [-0.39, 0.29) is 6.04 Å². The van der Waals surface area contributed by atoms with Gasteiger partial charge in [0, 0.05) is 18.6 Å². The first-order chi connectivity index (χ1) is 10.1. The van der Waals surface area contributed by atoms with Gasteiger partial charge in [-0.05, 0) is 41.4 Å². The van der Waals surface area contributed by atoms with Gasteiger partial charge in [-0.25, -0.2) is 9.97 Å². The highest BCUT2D eigenvalue weighted by molar-refractivity contribution is 9.10. The van der Waals surface area contributed by atoms with Gasteiger partial charge in [-0.2, -0.15) is 0 Å². The summed E-state index contributed by atoms with van der Waals surface area (Å²) in [5, 5.41) is 3.97. The fourth-order valence-electron chi connectivity index (χ4n) is 2.10.